The van der Waals surface area contributed by atoms with Crippen LogP contribution in [0.25, 0.3) is 0 Å². The zero-order chi connectivity index (χ0) is 24.5. The molecule has 1 aromatic heterocycles. The molecule has 1 aliphatic carbocycles. The predicted octanol–water partition coefficient (Wildman–Crippen LogP) is 3.74. The molecule has 1 aliphatic heterocycles. The van der Waals surface area contributed by atoms with E-state index in [1.165, 1.54) is 10.7 Å². The van der Waals surface area contributed by atoms with Crippen molar-refractivity contribution in [3.63, 3.8) is 0 Å². The smallest absolute Gasteiger partial charge is 0.358 e. The Bertz CT molecular complexity index is 1090. The molecule has 1 saturated carbocycles. The van der Waals surface area contributed by atoms with Crippen LogP contribution in [0.2, 0.25) is 0 Å². The minimum atomic E-state index is -1.21. The van der Waals surface area contributed by atoms with Crippen LogP contribution in [0, 0.1) is 5.92 Å². The lowest BCUT2D eigenvalue weighted by Gasteiger charge is -2.44. The fourth-order valence-corrected chi connectivity index (χ4v) is 5.04. The SMILES string of the molecule is CCOC(=O)c1cc2n(n1)C[C@](C)(C(=O)NC1CCC(C)CC1)N(c1ccccc1CC)C2=O. The Morgan fingerprint density at radius 1 is 1.18 bits per heavy atom. The number of esters is 1. The number of carbonyl (C=O) groups excluding carboxylic acids is 3. The van der Waals surface area contributed by atoms with Gasteiger partial charge in [0.15, 0.2) is 5.69 Å². The number of aryl methyl sites for hydroxylation is 1. The van der Waals surface area contributed by atoms with E-state index in [0.717, 1.165) is 31.2 Å². The molecule has 1 fully saturated rings. The third kappa shape index (κ3) is 4.33. The molecular weight excluding hydrogens is 432 g/mol. The second-order valence-electron chi connectivity index (χ2n) is 9.62. The van der Waals surface area contributed by atoms with Crippen molar-refractivity contribution in [3.05, 3.63) is 47.3 Å². The predicted molar refractivity (Wildman–Crippen MR) is 129 cm³/mol. The van der Waals surface area contributed by atoms with Crippen molar-refractivity contribution in [3.8, 4) is 0 Å². The largest absolute Gasteiger partial charge is 0.461 e. The van der Waals surface area contributed by atoms with Crippen LogP contribution in [0.3, 0.4) is 0 Å². The van der Waals surface area contributed by atoms with E-state index in [-0.39, 0.29) is 42.4 Å². The molecule has 0 unspecified atom stereocenters. The lowest BCUT2D eigenvalue weighted by molar-refractivity contribution is -0.127. The maximum absolute atomic E-state index is 13.9. The molecule has 8 nitrogen and oxygen atoms in total. The minimum Gasteiger partial charge on any atom is -0.461 e. The lowest BCUT2D eigenvalue weighted by Crippen LogP contribution is -2.65. The molecule has 0 bridgehead atoms. The van der Waals surface area contributed by atoms with Gasteiger partial charge in [-0.1, -0.05) is 32.0 Å². The molecule has 2 aliphatic rings. The number of nitrogens with zero attached hydrogens (tertiary/aromatic N) is 3. The number of nitrogens with one attached hydrogen (secondary N) is 1. The van der Waals surface area contributed by atoms with Crippen molar-refractivity contribution < 1.29 is 19.1 Å². The van der Waals surface area contributed by atoms with Gasteiger partial charge >= 0.3 is 5.97 Å². The van der Waals surface area contributed by atoms with Crippen molar-refractivity contribution in [2.75, 3.05) is 11.5 Å². The molecule has 182 valence electrons. The molecule has 2 amide bonds. The number of ether oxygens (including phenoxy) is 1. The Hall–Kier alpha value is -3.16. The van der Waals surface area contributed by atoms with Crippen molar-refractivity contribution >= 4 is 23.5 Å². The first-order valence-corrected chi connectivity index (χ1v) is 12.3. The second kappa shape index (κ2) is 9.60. The van der Waals surface area contributed by atoms with E-state index in [9.17, 15) is 14.4 Å². The molecule has 1 atom stereocenters. The van der Waals surface area contributed by atoms with Gasteiger partial charge in [0.1, 0.15) is 11.2 Å². The first kappa shape index (κ1) is 24.0. The van der Waals surface area contributed by atoms with Crippen molar-refractivity contribution in [1.82, 2.24) is 15.1 Å². The second-order valence-corrected chi connectivity index (χ2v) is 9.62. The molecule has 34 heavy (non-hydrogen) atoms. The van der Waals surface area contributed by atoms with Gasteiger partial charge in [-0.15, -0.1) is 0 Å². The molecule has 2 aromatic rings. The summed E-state index contributed by atoms with van der Waals surface area (Å²) in [5.41, 5.74) is 0.802. The summed E-state index contributed by atoms with van der Waals surface area (Å²) in [6.45, 7) is 8.12. The van der Waals surface area contributed by atoms with Crippen LogP contribution >= 0.6 is 0 Å². The maximum atomic E-state index is 13.9. The van der Waals surface area contributed by atoms with Crippen LogP contribution in [0.5, 0.6) is 0 Å². The number of fused-ring (bicyclic) bond motifs is 1. The number of aromatic nitrogens is 2. The maximum Gasteiger partial charge on any atom is 0.358 e. The van der Waals surface area contributed by atoms with E-state index in [2.05, 4.69) is 17.3 Å². The van der Waals surface area contributed by atoms with Gasteiger partial charge in [-0.05, 0) is 63.5 Å². The quantitative estimate of drug-likeness (QED) is 0.655. The molecule has 0 spiro atoms. The fourth-order valence-electron chi connectivity index (χ4n) is 5.04. The van der Waals surface area contributed by atoms with Gasteiger partial charge in [-0.2, -0.15) is 5.10 Å². The third-order valence-corrected chi connectivity index (χ3v) is 7.09. The minimum absolute atomic E-state index is 0.0693. The number of carbonyl (C=O) groups is 3. The van der Waals surface area contributed by atoms with Crippen LogP contribution < -0.4 is 10.2 Å². The van der Waals surface area contributed by atoms with Gasteiger partial charge in [-0.25, -0.2) is 4.79 Å². The van der Waals surface area contributed by atoms with E-state index in [4.69, 9.17) is 4.74 Å². The Morgan fingerprint density at radius 2 is 1.88 bits per heavy atom. The Kier molecular flexibility index (Phi) is 6.77. The van der Waals surface area contributed by atoms with E-state index >= 15 is 0 Å². The Morgan fingerprint density at radius 3 is 2.56 bits per heavy atom. The highest BCUT2D eigenvalue weighted by Gasteiger charge is 2.50. The van der Waals surface area contributed by atoms with Gasteiger partial charge in [0.25, 0.3) is 5.91 Å². The van der Waals surface area contributed by atoms with Crippen molar-refractivity contribution in [2.45, 2.75) is 77.9 Å². The molecule has 1 N–H and O–H groups in total. The highest BCUT2D eigenvalue weighted by Crippen LogP contribution is 2.35. The number of rotatable bonds is 6. The molecule has 2 heterocycles. The zero-order valence-corrected chi connectivity index (χ0v) is 20.5. The summed E-state index contributed by atoms with van der Waals surface area (Å²) >= 11 is 0. The van der Waals surface area contributed by atoms with E-state index in [0.29, 0.717) is 18.0 Å². The summed E-state index contributed by atoms with van der Waals surface area (Å²) in [5.74, 6) is -0.476. The highest BCUT2D eigenvalue weighted by atomic mass is 16.5. The van der Waals surface area contributed by atoms with E-state index in [1.54, 1.807) is 18.7 Å². The Labute approximate surface area is 200 Å². The van der Waals surface area contributed by atoms with Gasteiger partial charge in [0.2, 0.25) is 5.91 Å². The van der Waals surface area contributed by atoms with Crippen LogP contribution in [-0.2, 0) is 22.5 Å². The molecule has 0 radical (unpaired) electrons. The van der Waals surface area contributed by atoms with Gasteiger partial charge in [-0.3, -0.25) is 19.2 Å². The van der Waals surface area contributed by atoms with Crippen LogP contribution in [0.4, 0.5) is 5.69 Å². The normalized spacial score (nSPS) is 24.5. The molecule has 4 rings (SSSR count). The number of hydrogen-bond acceptors (Lipinski definition) is 5. The van der Waals surface area contributed by atoms with E-state index < -0.39 is 11.5 Å². The molecule has 1 aromatic carbocycles. The summed E-state index contributed by atoms with van der Waals surface area (Å²) < 4.78 is 6.55. The van der Waals surface area contributed by atoms with Crippen LogP contribution in [-0.4, -0.2) is 45.8 Å². The molecule has 0 saturated heterocycles. The standard InChI is InChI=1S/C26H34N4O4/c1-5-18-9-7-8-10-21(18)30-23(31)22-15-20(24(32)34-6-2)28-29(22)16-26(30,4)25(33)27-19-13-11-17(3)12-14-19/h7-10,15,17,19H,5-6,11-14,16H2,1-4H3,(H,27,33)/t17?,19?,26-/m1/s1. The first-order chi connectivity index (χ1) is 16.3. The van der Waals surface area contributed by atoms with Gasteiger partial charge in [0, 0.05) is 17.8 Å². The summed E-state index contributed by atoms with van der Waals surface area (Å²) in [6, 6.07) is 9.21. The molecule has 8 heteroatoms. The number of amides is 2. The number of benzene rings is 1. The summed E-state index contributed by atoms with van der Waals surface area (Å²) in [7, 11) is 0. The summed E-state index contributed by atoms with van der Waals surface area (Å²) in [4.78, 5) is 41.6. The topological polar surface area (TPSA) is 93.5 Å². The van der Waals surface area contributed by atoms with Crippen LogP contribution in [0.1, 0.15) is 79.9 Å². The average Bonchev–Trinajstić information content (AvgIpc) is 3.25. The van der Waals surface area contributed by atoms with Crippen molar-refractivity contribution in [1.29, 1.82) is 0 Å². The van der Waals surface area contributed by atoms with Gasteiger partial charge < -0.3 is 10.1 Å². The van der Waals surface area contributed by atoms with Crippen LogP contribution in [0.15, 0.2) is 30.3 Å². The first-order valence-electron chi connectivity index (χ1n) is 12.3. The third-order valence-electron chi connectivity index (χ3n) is 7.09. The monoisotopic (exact) mass is 466 g/mol. The Balaban J connectivity index is 1.75. The average molecular weight is 467 g/mol. The number of anilines is 1. The lowest BCUT2D eigenvalue weighted by atomic mass is 9.86. The van der Waals surface area contributed by atoms with Gasteiger partial charge in [0.05, 0.1) is 13.2 Å². The summed E-state index contributed by atoms with van der Waals surface area (Å²) in [5, 5.41) is 7.56. The van der Waals surface area contributed by atoms with E-state index in [1.807, 2.05) is 31.2 Å². The van der Waals surface area contributed by atoms with Crippen molar-refractivity contribution in [2.24, 2.45) is 5.92 Å². The highest BCUT2D eigenvalue weighted by molar-refractivity contribution is 6.12. The summed E-state index contributed by atoms with van der Waals surface area (Å²) in [6.07, 6.45) is 4.74. The zero-order valence-electron chi connectivity index (χ0n) is 20.5. The fraction of sp³-hybridized carbons (Fsp3) is 0.538. The molecular formula is C26H34N4O4. The number of hydrogen-bond donors (Lipinski definition) is 1. The number of para-hydroxylation sites is 1.